The maximum Gasteiger partial charge on any atom is 0.673 e. The van der Waals surface area contributed by atoms with Crippen LogP contribution in [0.25, 0.3) is 21.6 Å². The van der Waals surface area contributed by atoms with Crippen molar-refractivity contribution in [3.8, 4) is 21.6 Å². The minimum atomic E-state index is -6.00. The second kappa shape index (κ2) is 9.14. The SMILES string of the molecule is CC[O+]=c1ssc(-c2ccccc2)c1-c1ccc(C)cc1.F[B-](F)(F)F. The van der Waals surface area contributed by atoms with Gasteiger partial charge in [0.2, 0.25) is 0 Å². The predicted octanol–water partition coefficient (Wildman–Crippen LogP) is 6.67. The van der Waals surface area contributed by atoms with Gasteiger partial charge < -0.3 is 17.3 Å². The van der Waals surface area contributed by atoms with Crippen molar-refractivity contribution in [2.75, 3.05) is 6.61 Å². The summed E-state index contributed by atoms with van der Waals surface area (Å²) in [6.07, 6.45) is 0. The number of hydrogen-bond donors (Lipinski definition) is 0. The van der Waals surface area contributed by atoms with Crippen molar-refractivity contribution in [3.05, 3.63) is 69.3 Å². The Labute approximate surface area is 156 Å². The molecular weight excluding hydrogens is 383 g/mol. The third-order valence-corrected chi connectivity index (χ3v) is 5.65. The van der Waals surface area contributed by atoms with E-state index in [1.165, 1.54) is 27.1 Å². The Morgan fingerprint density at radius 1 is 0.846 bits per heavy atom. The van der Waals surface area contributed by atoms with Gasteiger partial charge in [-0.25, -0.2) is 4.42 Å². The average molecular weight is 400 g/mol. The lowest BCUT2D eigenvalue weighted by Gasteiger charge is -2.02. The van der Waals surface area contributed by atoms with Gasteiger partial charge in [0.25, 0.3) is 6.61 Å². The van der Waals surface area contributed by atoms with Gasteiger partial charge >= 0.3 is 12.0 Å². The van der Waals surface area contributed by atoms with E-state index in [2.05, 4.69) is 61.5 Å². The van der Waals surface area contributed by atoms with Gasteiger partial charge in [-0.3, -0.25) is 0 Å². The molecule has 0 N–H and O–H groups in total. The van der Waals surface area contributed by atoms with Crippen LogP contribution in [0.15, 0.2) is 59.0 Å². The van der Waals surface area contributed by atoms with Crippen LogP contribution in [0.1, 0.15) is 12.5 Å². The summed E-state index contributed by atoms with van der Waals surface area (Å²) in [4.78, 5) is 1.29. The first-order valence-electron chi connectivity index (χ1n) is 7.88. The second-order valence-electron chi connectivity index (χ2n) is 5.32. The highest BCUT2D eigenvalue weighted by molar-refractivity contribution is 7.70. The van der Waals surface area contributed by atoms with Crippen molar-refractivity contribution in [1.82, 2.24) is 0 Å². The zero-order valence-corrected chi connectivity index (χ0v) is 15.9. The first-order chi connectivity index (χ1) is 12.3. The summed E-state index contributed by atoms with van der Waals surface area (Å²) in [5, 5.41) is 0. The molecule has 0 aliphatic heterocycles. The Morgan fingerprint density at radius 2 is 1.42 bits per heavy atom. The molecule has 1 heterocycles. The maximum atomic E-state index is 9.75. The van der Waals surface area contributed by atoms with Crippen molar-refractivity contribution in [3.63, 3.8) is 0 Å². The van der Waals surface area contributed by atoms with E-state index in [1.54, 1.807) is 20.7 Å². The van der Waals surface area contributed by atoms with E-state index in [1.807, 2.05) is 6.92 Å². The normalized spacial score (nSPS) is 11.8. The van der Waals surface area contributed by atoms with Crippen molar-refractivity contribution < 1.29 is 17.3 Å². The summed E-state index contributed by atoms with van der Waals surface area (Å²) in [5.41, 5.74) is 4.97. The van der Waals surface area contributed by atoms with Gasteiger partial charge in [0.1, 0.15) is 5.56 Å². The van der Waals surface area contributed by atoms with Crippen LogP contribution in [0, 0.1) is 6.92 Å². The summed E-state index contributed by atoms with van der Waals surface area (Å²) in [6.45, 7) is 4.84. The van der Waals surface area contributed by atoms with Crippen LogP contribution in [0.5, 0.6) is 0 Å². The molecule has 0 bridgehead atoms. The molecule has 3 rings (SSSR count). The quantitative estimate of drug-likeness (QED) is 0.201. The number of hydrogen-bond acceptors (Lipinski definition) is 2. The van der Waals surface area contributed by atoms with Gasteiger partial charge in [-0.1, -0.05) is 70.5 Å². The molecule has 0 saturated heterocycles. The van der Waals surface area contributed by atoms with E-state index in [-0.39, 0.29) is 0 Å². The molecule has 1 aromatic heterocycles. The first-order valence-corrected chi connectivity index (χ1v) is 10.0. The summed E-state index contributed by atoms with van der Waals surface area (Å²) < 4.78 is 45.9. The molecule has 0 fully saturated rings. The zero-order valence-electron chi connectivity index (χ0n) is 14.2. The number of rotatable bonds is 3. The molecule has 0 spiro atoms. The first kappa shape index (κ1) is 20.4. The molecule has 0 atom stereocenters. The fourth-order valence-corrected chi connectivity index (χ4v) is 4.86. The van der Waals surface area contributed by atoms with Crippen molar-refractivity contribution in [1.29, 1.82) is 0 Å². The van der Waals surface area contributed by atoms with E-state index in [4.69, 9.17) is 4.42 Å². The van der Waals surface area contributed by atoms with Crippen LogP contribution in [0.2, 0.25) is 0 Å². The molecule has 0 radical (unpaired) electrons. The average Bonchev–Trinajstić information content (AvgIpc) is 2.99. The highest BCUT2D eigenvalue weighted by Crippen LogP contribution is 2.35. The molecule has 0 amide bonds. The highest BCUT2D eigenvalue weighted by atomic mass is 32.9. The van der Waals surface area contributed by atoms with Crippen molar-refractivity contribution in [2.45, 2.75) is 13.8 Å². The zero-order chi connectivity index (χ0) is 19.2. The number of aryl methyl sites for hydroxylation is 1. The Kier molecular flexibility index (Phi) is 7.17. The van der Waals surface area contributed by atoms with Gasteiger partial charge in [0, 0.05) is 17.3 Å². The molecule has 0 saturated carbocycles. The standard InChI is InChI=1S/C18H17OS2.BF4/c1-3-19-18-16(14-11-9-13(2)10-12-14)17(20-21-18)15-7-5-4-6-8-15;2-1(3,4)5/h4-12H,3H2,1-2H3;/q+1;-1. The minimum Gasteiger partial charge on any atom is -0.418 e. The van der Waals surface area contributed by atoms with Gasteiger partial charge in [-0.05, 0) is 18.1 Å². The van der Waals surface area contributed by atoms with E-state index < -0.39 is 7.25 Å². The van der Waals surface area contributed by atoms with Gasteiger partial charge in [0.05, 0.1) is 4.88 Å². The van der Waals surface area contributed by atoms with Crippen LogP contribution >= 0.6 is 20.7 Å². The van der Waals surface area contributed by atoms with E-state index in [9.17, 15) is 17.3 Å². The van der Waals surface area contributed by atoms with Crippen LogP contribution in [-0.4, -0.2) is 13.9 Å². The van der Waals surface area contributed by atoms with Gasteiger partial charge in [-0.2, -0.15) is 0 Å². The highest BCUT2D eigenvalue weighted by Gasteiger charge is 2.21. The number of benzene rings is 2. The third kappa shape index (κ3) is 6.11. The van der Waals surface area contributed by atoms with E-state index in [0.717, 1.165) is 4.74 Å². The van der Waals surface area contributed by atoms with Crippen LogP contribution in [0.4, 0.5) is 17.3 Å². The Balaban J connectivity index is 0.000000431. The van der Waals surface area contributed by atoms with Crippen LogP contribution < -0.4 is 4.74 Å². The number of halogens is 4. The van der Waals surface area contributed by atoms with Gasteiger partial charge in [-0.15, -0.1) is 0 Å². The Bertz CT molecular complexity index is 878. The molecule has 3 aromatic rings. The molecule has 1 nitrogen and oxygen atoms in total. The molecule has 8 heteroatoms. The van der Waals surface area contributed by atoms with Crippen molar-refractivity contribution >= 4 is 27.9 Å². The van der Waals surface area contributed by atoms with Gasteiger partial charge in [0.15, 0.2) is 0 Å². The van der Waals surface area contributed by atoms with Crippen molar-refractivity contribution in [2.24, 2.45) is 0 Å². The molecular formula is C18H17BF4OS2. The summed E-state index contributed by atoms with van der Waals surface area (Å²) in [7, 11) is -2.50. The maximum absolute atomic E-state index is 9.75. The largest absolute Gasteiger partial charge is 0.673 e. The lowest BCUT2D eigenvalue weighted by atomic mass is 10.0. The Hall–Kier alpha value is -1.93. The molecule has 138 valence electrons. The summed E-state index contributed by atoms with van der Waals surface area (Å²) in [5.74, 6) is 0. The topological polar surface area (TPSA) is 11.3 Å². The lowest BCUT2D eigenvalue weighted by molar-refractivity contribution is 0.368. The third-order valence-electron chi connectivity index (χ3n) is 3.28. The molecule has 26 heavy (non-hydrogen) atoms. The predicted molar refractivity (Wildman–Crippen MR) is 105 cm³/mol. The molecule has 0 unspecified atom stereocenters. The second-order valence-corrected chi connectivity index (χ2v) is 7.43. The smallest absolute Gasteiger partial charge is 0.418 e. The molecule has 0 aliphatic rings. The van der Waals surface area contributed by atoms with Crippen LogP contribution in [-0.2, 0) is 0 Å². The fraction of sp³-hybridized carbons (Fsp3) is 0.167. The fourth-order valence-electron chi connectivity index (χ4n) is 2.23. The lowest BCUT2D eigenvalue weighted by Crippen LogP contribution is -2.02. The van der Waals surface area contributed by atoms with E-state index >= 15 is 0 Å². The van der Waals surface area contributed by atoms with Crippen LogP contribution in [0.3, 0.4) is 0 Å². The van der Waals surface area contributed by atoms with E-state index in [0.29, 0.717) is 6.61 Å². The minimum absolute atomic E-state index is 0.695. The Morgan fingerprint density at radius 3 is 1.96 bits per heavy atom. The molecule has 2 aromatic carbocycles. The molecule has 0 aliphatic carbocycles. The summed E-state index contributed by atoms with van der Waals surface area (Å²) in [6, 6.07) is 19.2. The monoisotopic (exact) mass is 400 g/mol. The summed E-state index contributed by atoms with van der Waals surface area (Å²) >= 11 is 0.